The van der Waals surface area contributed by atoms with Gasteiger partial charge in [-0.05, 0) is 18.2 Å². The Labute approximate surface area is 108 Å². The Morgan fingerprint density at radius 2 is 2.26 bits per heavy atom. The zero-order chi connectivity index (χ0) is 13.4. The molecule has 0 aliphatic heterocycles. The van der Waals surface area contributed by atoms with Crippen LogP contribution in [0, 0.1) is 0 Å². The van der Waals surface area contributed by atoms with Crippen molar-refractivity contribution in [1.82, 2.24) is 19.5 Å². The molecule has 3 rings (SSSR count). The van der Waals surface area contributed by atoms with Crippen molar-refractivity contribution in [1.29, 1.82) is 0 Å². The lowest BCUT2D eigenvalue weighted by molar-refractivity contribution is 0.0699. The normalized spacial score (nSPS) is 10.8. The van der Waals surface area contributed by atoms with Gasteiger partial charge in [-0.25, -0.2) is 14.8 Å². The minimum atomic E-state index is -1.02. The van der Waals surface area contributed by atoms with Crippen LogP contribution < -0.4 is 0 Å². The molecule has 6 heteroatoms. The van der Waals surface area contributed by atoms with Crippen molar-refractivity contribution in [3.05, 3.63) is 42.5 Å². The fourth-order valence-corrected chi connectivity index (χ4v) is 1.96. The first-order valence-corrected chi connectivity index (χ1v) is 5.62. The number of nitrogens with zero attached hydrogens (tertiary/aromatic N) is 4. The van der Waals surface area contributed by atoms with Gasteiger partial charge >= 0.3 is 5.97 Å². The number of carbonyl (C=O) groups is 1. The zero-order valence-corrected chi connectivity index (χ0v) is 10.1. The van der Waals surface area contributed by atoms with Gasteiger partial charge in [-0.15, -0.1) is 0 Å². The number of aromatic carboxylic acids is 1. The van der Waals surface area contributed by atoms with Gasteiger partial charge in [0.25, 0.3) is 0 Å². The van der Waals surface area contributed by atoms with Crippen LogP contribution >= 0.6 is 0 Å². The Hall–Kier alpha value is -2.76. The Morgan fingerprint density at radius 3 is 2.95 bits per heavy atom. The average Bonchev–Trinajstić information content (AvgIpc) is 2.83. The number of carboxylic acid groups (broad SMARTS) is 1. The first kappa shape index (κ1) is 11.3. The van der Waals surface area contributed by atoms with Crippen molar-refractivity contribution in [2.24, 2.45) is 7.05 Å². The third kappa shape index (κ3) is 1.83. The van der Waals surface area contributed by atoms with Gasteiger partial charge in [0.05, 0.1) is 35.0 Å². The van der Waals surface area contributed by atoms with Gasteiger partial charge in [-0.2, -0.15) is 0 Å². The summed E-state index contributed by atoms with van der Waals surface area (Å²) in [4.78, 5) is 23.9. The third-order valence-corrected chi connectivity index (χ3v) is 2.87. The highest BCUT2D eigenvalue weighted by Crippen LogP contribution is 2.22. The monoisotopic (exact) mass is 254 g/mol. The minimum absolute atomic E-state index is 0.141. The third-order valence-electron chi connectivity index (χ3n) is 2.87. The molecule has 3 aromatic heterocycles. The molecule has 0 unspecified atom stereocenters. The molecule has 19 heavy (non-hydrogen) atoms. The number of aryl methyl sites for hydroxylation is 1. The van der Waals surface area contributed by atoms with E-state index in [1.807, 2.05) is 7.05 Å². The summed E-state index contributed by atoms with van der Waals surface area (Å²) >= 11 is 0. The highest BCUT2D eigenvalue weighted by Gasteiger charge is 2.14. The van der Waals surface area contributed by atoms with Gasteiger partial charge in [-0.1, -0.05) is 0 Å². The number of imidazole rings is 1. The molecule has 0 saturated heterocycles. The van der Waals surface area contributed by atoms with Crippen molar-refractivity contribution >= 4 is 17.0 Å². The largest absolute Gasteiger partial charge is 0.478 e. The molecule has 0 aromatic carbocycles. The van der Waals surface area contributed by atoms with Gasteiger partial charge in [0.1, 0.15) is 5.52 Å². The van der Waals surface area contributed by atoms with E-state index in [0.29, 0.717) is 16.7 Å². The van der Waals surface area contributed by atoms with Crippen LogP contribution in [-0.4, -0.2) is 30.6 Å². The SMILES string of the molecule is Cn1cncc1-c1cc(C(=O)O)c2ncccc2n1. The lowest BCUT2D eigenvalue weighted by Crippen LogP contribution is -2.02. The highest BCUT2D eigenvalue weighted by molar-refractivity contribution is 6.01. The van der Waals surface area contributed by atoms with E-state index < -0.39 is 5.97 Å². The predicted molar refractivity (Wildman–Crippen MR) is 68.7 cm³/mol. The fourth-order valence-electron chi connectivity index (χ4n) is 1.96. The summed E-state index contributed by atoms with van der Waals surface area (Å²) in [5.41, 5.74) is 2.41. The van der Waals surface area contributed by atoms with E-state index in [1.54, 1.807) is 35.4 Å². The zero-order valence-electron chi connectivity index (χ0n) is 10.1. The molecule has 6 nitrogen and oxygen atoms in total. The van der Waals surface area contributed by atoms with Crippen molar-refractivity contribution in [3.63, 3.8) is 0 Å². The summed E-state index contributed by atoms with van der Waals surface area (Å²) in [5, 5.41) is 9.28. The van der Waals surface area contributed by atoms with E-state index in [9.17, 15) is 9.90 Å². The number of hydrogen-bond acceptors (Lipinski definition) is 4. The van der Waals surface area contributed by atoms with Crippen LogP contribution in [0.2, 0.25) is 0 Å². The molecule has 0 saturated carbocycles. The number of fused-ring (bicyclic) bond motifs is 1. The fraction of sp³-hybridized carbons (Fsp3) is 0.0769. The first-order valence-electron chi connectivity index (χ1n) is 5.62. The summed E-state index contributed by atoms with van der Waals surface area (Å²) < 4.78 is 1.79. The number of hydrogen-bond donors (Lipinski definition) is 1. The van der Waals surface area contributed by atoms with Gasteiger partial charge in [0, 0.05) is 13.2 Å². The number of carboxylic acids is 1. The molecule has 0 aliphatic carbocycles. The van der Waals surface area contributed by atoms with Gasteiger partial charge in [0.15, 0.2) is 0 Å². The lowest BCUT2D eigenvalue weighted by atomic mass is 10.1. The van der Waals surface area contributed by atoms with Gasteiger partial charge in [0.2, 0.25) is 0 Å². The van der Waals surface area contributed by atoms with Crippen molar-refractivity contribution in [2.75, 3.05) is 0 Å². The van der Waals surface area contributed by atoms with E-state index >= 15 is 0 Å². The molecule has 0 amide bonds. The Morgan fingerprint density at radius 1 is 1.42 bits per heavy atom. The maximum Gasteiger partial charge on any atom is 0.338 e. The summed E-state index contributed by atoms with van der Waals surface area (Å²) in [5.74, 6) is -1.02. The smallest absolute Gasteiger partial charge is 0.338 e. The molecular weight excluding hydrogens is 244 g/mol. The van der Waals surface area contributed by atoms with Crippen molar-refractivity contribution in [2.45, 2.75) is 0 Å². The first-order chi connectivity index (χ1) is 9.16. The van der Waals surface area contributed by atoms with Crippen LogP contribution in [0.25, 0.3) is 22.4 Å². The van der Waals surface area contributed by atoms with Gasteiger partial charge in [-0.3, -0.25) is 4.98 Å². The average molecular weight is 254 g/mol. The van der Waals surface area contributed by atoms with Crippen LogP contribution in [0.5, 0.6) is 0 Å². The molecule has 3 aromatic rings. The van der Waals surface area contributed by atoms with Crippen molar-refractivity contribution < 1.29 is 9.90 Å². The Kier molecular flexibility index (Phi) is 2.49. The number of aromatic nitrogens is 4. The second kappa shape index (κ2) is 4.16. The summed E-state index contributed by atoms with van der Waals surface area (Å²) in [7, 11) is 1.83. The Balaban J connectivity index is 2.34. The predicted octanol–water partition coefficient (Wildman–Crippen LogP) is 1.73. The molecule has 0 aliphatic rings. The molecule has 0 spiro atoms. The molecule has 0 atom stereocenters. The van der Waals surface area contributed by atoms with Crippen LogP contribution in [0.3, 0.4) is 0 Å². The second-order valence-corrected chi connectivity index (χ2v) is 4.12. The molecule has 3 heterocycles. The standard InChI is InChI=1S/C13H10N4O2/c1-17-7-14-6-11(17)10-5-8(13(18)19)12-9(16-10)3-2-4-15-12/h2-7H,1H3,(H,18,19). The lowest BCUT2D eigenvalue weighted by Gasteiger charge is -2.06. The molecule has 0 fully saturated rings. The maximum absolute atomic E-state index is 11.3. The minimum Gasteiger partial charge on any atom is -0.478 e. The van der Waals surface area contributed by atoms with Crippen molar-refractivity contribution in [3.8, 4) is 11.4 Å². The molecule has 94 valence electrons. The quantitative estimate of drug-likeness (QED) is 0.753. The van der Waals surface area contributed by atoms with Crippen LogP contribution in [0.1, 0.15) is 10.4 Å². The van der Waals surface area contributed by atoms with E-state index in [4.69, 9.17) is 0 Å². The summed E-state index contributed by atoms with van der Waals surface area (Å²) in [6.07, 6.45) is 4.85. The number of pyridine rings is 2. The van der Waals surface area contributed by atoms with Crippen LogP contribution in [0.15, 0.2) is 36.9 Å². The topological polar surface area (TPSA) is 80.9 Å². The van der Waals surface area contributed by atoms with E-state index in [0.717, 1.165) is 5.69 Å². The van der Waals surface area contributed by atoms with E-state index in [-0.39, 0.29) is 5.56 Å². The highest BCUT2D eigenvalue weighted by atomic mass is 16.4. The van der Waals surface area contributed by atoms with Gasteiger partial charge < -0.3 is 9.67 Å². The maximum atomic E-state index is 11.3. The van der Waals surface area contributed by atoms with E-state index in [2.05, 4.69) is 15.0 Å². The molecule has 0 radical (unpaired) electrons. The van der Waals surface area contributed by atoms with Crippen LogP contribution in [0.4, 0.5) is 0 Å². The molecular formula is C13H10N4O2. The molecule has 1 N–H and O–H groups in total. The van der Waals surface area contributed by atoms with E-state index in [1.165, 1.54) is 6.07 Å². The number of rotatable bonds is 2. The molecule has 0 bridgehead atoms. The summed E-state index contributed by atoms with van der Waals surface area (Å²) in [6.45, 7) is 0. The summed E-state index contributed by atoms with van der Waals surface area (Å²) in [6, 6.07) is 5.00. The Bertz CT molecular complexity index is 779. The van der Waals surface area contributed by atoms with Crippen LogP contribution in [-0.2, 0) is 7.05 Å². The second-order valence-electron chi connectivity index (χ2n) is 4.12.